The zero-order chi connectivity index (χ0) is 18.7. The normalized spacial score (nSPS) is 13.2. The molecular formula is C21H24F2O3. The summed E-state index contributed by atoms with van der Waals surface area (Å²) in [6, 6.07) is 9.66. The molecule has 0 fully saturated rings. The first-order chi connectivity index (χ1) is 12.5. The van der Waals surface area contributed by atoms with Crippen molar-refractivity contribution in [2.45, 2.75) is 39.7 Å². The summed E-state index contributed by atoms with van der Waals surface area (Å²) in [5.74, 6) is 0.755. The number of alkyl halides is 2. The van der Waals surface area contributed by atoms with Crippen molar-refractivity contribution >= 4 is 0 Å². The minimum absolute atomic E-state index is 0.0451. The molecule has 1 aliphatic carbocycles. The van der Waals surface area contributed by atoms with Crippen LogP contribution in [0, 0.1) is 5.92 Å². The third kappa shape index (κ3) is 3.76. The Morgan fingerprint density at radius 2 is 1.81 bits per heavy atom. The largest absolute Gasteiger partial charge is 0.493 e. The summed E-state index contributed by atoms with van der Waals surface area (Å²) in [6.45, 7) is 1.46. The van der Waals surface area contributed by atoms with Crippen molar-refractivity contribution in [1.29, 1.82) is 0 Å². The molecule has 1 aliphatic rings. The highest BCUT2D eigenvalue weighted by atomic mass is 19.3. The number of aryl methyl sites for hydroxylation is 1. The summed E-state index contributed by atoms with van der Waals surface area (Å²) in [4.78, 5) is 0. The van der Waals surface area contributed by atoms with Gasteiger partial charge in [-0.3, -0.25) is 0 Å². The Hall–Kier alpha value is -2.30. The molecule has 0 aliphatic heterocycles. The highest BCUT2D eigenvalue weighted by Gasteiger charge is 2.24. The zero-order valence-corrected chi connectivity index (χ0v) is 15.4. The van der Waals surface area contributed by atoms with Crippen LogP contribution in [0.1, 0.15) is 31.4 Å². The van der Waals surface area contributed by atoms with Crippen LogP contribution in [-0.4, -0.2) is 20.3 Å². The Morgan fingerprint density at radius 3 is 2.50 bits per heavy atom. The van der Waals surface area contributed by atoms with Crippen molar-refractivity contribution in [2.75, 3.05) is 13.7 Å². The summed E-state index contributed by atoms with van der Waals surface area (Å²) in [5.41, 5.74) is 4.35. The van der Waals surface area contributed by atoms with Crippen molar-refractivity contribution < 1.29 is 23.0 Å². The molecule has 26 heavy (non-hydrogen) atoms. The Kier molecular flexibility index (Phi) is 5.64. The van der Waals surface area contributed by atoms with Gasteiger partial charge in [0.15, 0.2) is 11.5 Å². The van der Waals surface area contributed by atoms with E-state index in [0.717, 1.165) is 30.4 Å². The summed E-state index contributed by atoms with van der Waals surface area (Å²) < 4.78 is 42.1. The van der Waals surface area contributed by atoms with E-state index in [1.807, 2.05) is 32.0 Å². The molecule has 2 aromatic rings. The van der Waals surface area contributed by atoms with E-state index in [1.54, 1.807) is 6.07 Å². The molecule has 2 aromatic carbocycles. The molecule has 0 bridgehead atoms. The van der Waals surface area contributed by atoms with Gasteiger partial charge in [-0.05, 0) is 54.0 Å². The third-order valence-corrected chi connectivity index (χ3v) is 4.50. The molecule has 3 nitrogen and oxygen atoms in total. The lowest BCUT2D eigenvalue weighted by Gasteiger charge is -2.20. The second kappa shape index (κ2) is 7.94. The summed E-state index contributed by atoms with van der Waals surface area (Å²) >= 11 is 0. The van der Waals surface area contributed by atoms with Gasteiger partial charge < -0.3 is 14.2 Å². The SMILES string of the molecule is COc1ccc(-c2cccc3c2CCC3)c(OCC(C)C)c1OC(F)F. The number of methoxy groups -OCH3 is 1. The fraction of sp³-hybridized carbons (Fsp3) is 0.429. The topological polar surface area (TPSA) is 27.7 Å². The molecule has 140 valence electrons. The van der Waals surface area contributed by atoms with E-state index in [9.17, 15) is 8.78 Å². The number of fused-ring (bicyclic) bond motifs is 1. The van der Waals surface area contributed by atoms with Gasteiger partial charge in [0.05, 0.1) is 13.7 Å². The minimum atomic E-state index is -2.96. The van der Waals surface area contributed by atoms with Gasteiger partial charge in [-0.1, -0.05) is 32.0 Å². The number of ether oxygens (including phenoxy) is 3. The zero-order valence-electron chi connectivity index (χ0n) is 15.4. The molecule has 0 amide bonds. The minimum Gasteiger partial charge on any atom is -0.493 e. The first kappa shape index (κ1) is 18.5. The van der Waals surface area contributed by atoms with Gasteiger partial charge in [0, 0.05) is 5.56 Å². The highest BCUT2D eigenvalue weighted by Crippen LogP contribution is 2.47. The second-order valence-electron chi connectivity index (χ2n) is 6.85. The molecule has 0 N–H and O–H groups in total. The molecule has 0 atom stereocenters. The molecule has 0 heterocycles. The van der Waals surface area contributed by atoms with E-state index in [0.29, 0.717) is 12.4 Å². The first-order valence-electron chi connectivity index (χ1n) is 8.91. The molecule has 0 radical (unpaired) electrons. The molecular weight excluding hydrogens is 338 g/mol. The highest BCUT2D eigenvalue weighted by molar-refractivity contribution is 5.79. The fourth-order valence-corrected chi connectivity index (χ4v) is 3.38. The van der Waals surface area contributed by atoms with Crippen LogP contribution in [0.2, 0.25) is 0 Å². The van der Waals surface area contributed by atoms with Crippen LogP contribution >= 0.6 is 0 Å². The Balaban J connectivity index is 2.16. The fourth-order valence-electron chi connectivity index (χ4n) is 3.38. The molecule has 0 unspecified atom stereocenters. The Bertz CT molecular complexity index is 772. The first-order valence-corrected chi connectivity index (χ1v) is 8.91. The van der Waals surface area contributed by atoms with Crippen LogP contribution < -0.4 is 14.2 Å². The lowest BCUT2D eigenvalue weighted by Crippen LogP contribution is -2.10. The smallest absolute Gasteiger partial charge is 0.387 e. The van der Waals surface area contributed by atoms with Crippen molar-refractivity contribution in [3.63, 3.8) is 0 Å². The average molecular weight is 362 g/mol. The van der Waals surface area contributed by atoms with Gasteiger partial charge in [0.2, 0.25) is 5.75 Å². The second-order valence-corrected chi connectivity index (χ2v) is 6.85. The number of hydrogen-bond donors (Lipinski definition) is 0. The Morgan fingerprint density at radius 1 is 1.00 bits per heavy atom. The van der Waals surface area contributed by atoms with Crippen LogP contribution in [0.4, 0.5) is 8.78 Å². The van der Waals surface area contributed by atoms with Crippen LogP contribution in [0.3, 0.4) is 0 Å². The van der Waals surface area contributed by atoms with Crippen LogP contribution in [0.25, 0.3) is 11.1 Å². The molecule has 3 rings (SSSR count). The lowest BCUT2D eigenvalue weighted by molar-refractivity contribution is -0.0529. The van der Waals surface area contributed by atoms with Gasteiger partial charge in [0.1, 0.15) is 0 Å². The summed E-state index contributed by atoms with van der Waals surface area (Å²) in [7, 11) is 1.43. The number of rotatable bonds is 7. The number of benzene rings is 2. The summed E-state index contributed by atoms with van der Waals surface area (Å²) in [5, 5.41) is 0. The van der Waals surface area contributed by atoms with E-state index in [-0.39, 0.29) is 17.4 Å². The van der Waals surface area contributed by atoms with Crippen molar-refractivity contribution in [3.05, 3.63) is 41.5 Å². The maximum Gasteiger partial charge on any atom is 0.387 e. The van der Waals surface area contributed by atoms with Gasteiger partial charge in [0.25, 0.3) is 0 Å². The molecule has 0 saturated carbocycles. The number of hydrogen-bond acceptors (Lipinski definition) is 3. The van der Waals surface area contributed by atoms with E-state index >= 15 is 0 Å². The molecule has 0 spiro atoms. The predicted molar refractivity (Wildman–Crippen MR) is 97.4 cm³/mol. The third-order valence-electron chi connectivity index (χ3n) is 4.50. The van der Waals surface area contributed by atoms with Crippen LogP contribution in [0.15, 0.2) is 30.3 Å². The summed E-state index contributed by atoms with van der Waals surface area (Å²) in [6.07, 6.45) is 3.12. The molecule has 0 aromatic heterocycles. The van der Waals surface area contributed by atoms with Crippen molar-refractivity contribution in [3.8, 4) is 28.4 Å². The monoisotopic (exact) mass is 362 g/mol. The predicted octanol–water partition coefficient (Wildman–Crippen LogP) is 5.49. The maximum absolute atomic E-state index is 13.0. The van der Waals surface area contributed by atoms with Crippen molar-refractivity contribution in [1.82, 2.24) is 0 Å². The van der Waals surface area contributed by atoms with Crippen LogP contribution in [-0.2, 0) is 12.8 Å². The maximum atomic E-state index is 13.0. The lowest BCUT2D eigenvalue weighted by atomic mass is 9.95. The van der Waals surface area contributed by atoms with Gasteiger partial charge in [-0.15, -0.1) is 0 Å². The average Bonchev–Trinajstić information content (AvgIpc) is 3.08. The number of halogens is 2. The van der Waals surface area contributed by atoms with E-state index in [4.69, 9.17) is 14.2 Å². The van der Waals surface area contributed by atoms with Crippen LogP contribution in [0.5, 0.6) is 17.2 Å². The quantitative estimate of drug-likeness (QED) is 0.652. The van der Waals surface area contributed by atoms with E-state index < -0.39 is 6.61 Å². The standard InChI is InChI=1S/C21H24F2O3/c1-13(2)12-25-19-17(10-11-18(24-3)20(19)26-21(22)23)16-9-5-7-14-6-4-8-15(14)16/h5,7,9-11,13,21H,4,6,8,12H2,1-3H3. The van der Waals surface area contributed by atoms with Crippen molar-refractivity contribution in [2.24, 2.45) is 5.92 Å². The molecule has 0 saturated heterocycles. The van der Waals surface area contributed by atoms with Gasteiger partial charge >= 0.3 is 6.61 Å². The Labute approximate surface area is 152 Å². The van der Waals surface area contributed by atoms with Gasteiger partial charge in [-0.2, -0.15) is 8.78 Å². The van der Waals surface area contributed by atoms with E-state index in [2.05, 4.69) is 6.07 Å². The molecule has 5 heteroatoms. The van der Waals surface area contributed by atoms with E-state index in [1.165, 1.54) is 18.2 Å². The van der Waals surface area contributed by atoms with Gasteiger partial charge in [-0.25, -0.2) is 0 Å².